The van der Waals surface area contributed by atoms with Crippen molar-refractivity contribution in [2.24, 2.45) is 7.05 Å². The molecule has 3 aromatic carbocycles. The molecule has 0 bridgehead atoms. The van der Waals surface area contributed by atoms with Crippen LogP contribution in [-0.2, 0) is 37.6 Å². The highest BCUT2D eigenvalue weighted by Crippen LogP contribution is 2.34. The average Bonchev–Trinajstić information content (AvgIpc) is 3.82. The third-order valence-corrected chi connectivity index (χ3v) is 10.7. The van der Waals surface area contributed by atoms with Crippen molar-refractivity contribution in [1.29, 1.82) is 0 Å². The fourth-order valence-electron chi connectivity index (χ4n) is 7.25. The minimum absolute atomic E-state index is 0.000135. The monoisotopic (exact) mass is 856 g/mol. The molecule has 0 radical (unpaired) electrons. The molecule has 20 heteroatoms. The first-order valence-electron chi connectivity index (χ1n) is 19.0. The number of hydrogen-bond donors (Lipinski definition) is 1. The summed E-state index contributed by atoms with van der Waals surface area (Å²) in [5, 5.41) is 6.81. The van der Waals surface area contributed by atoms with E-state index in [0.29, 0.717) is 22.5 Å². The van der Waals surface area contributed by atoms with Gasteiger partial charge in [0.2, 0.25) is 11.7 Å². The maximum atomic E-state index is 14.5. The first kappa shape index (κ1) is 40.7. The summed E-state index contributed by atoms with van der Waals surface area (Å²) in [4.78, 5) is 71.0. The zero-order valence-electron chi connectivity index (χ0n) is 32.9. The van der Waals surface area contributed by atoms with Crippen molar-refractivity contribution < 1.29 is 31.9 Å². The topological polar surface area (TPSA) is 175 Å². The van der Waals surface area contributed by atoms with Crippen LogP contribution in [0.3, 0.4) is 0 Å². The number of aromatic nitrogens is 7. The van der Waals surface area contributed by atoms with Crippen LogP contribution in [0.2, 0.25) is 5.02 Å². The molecule has 1 aliphatic rings. The predicted octanol–water partition coefficient (Wildman–Crippen LogP) is 5.52. The minimum atomic E-state index is -4.64. The van der Waals surface area contributed by atoms with E-state index in [1.54, 1.807) is 44.0 Å². The van der Waals surface area contributed by atoms with Crippen molar-refractivity contribution in [1.82, 2.24) is 38.6 Å². The smallest absolute Gasteiger partial charge is 0.419 e. The van der Waals surface area contributed by atoms with Gasteiger partial charge in [-0.2, -0.15) is 22.7 Å². The summed E-state index contributed by atoms with van der Waals surface area (Å²) in [5.41, 5.74) is 1.77. The maximum absolute atomic E-state index is 14.5. The van der Waals surface area contributed by atoms with Crippen LogP contribution in [0.4, 0.5) is 24.5 Å². The summed E-state index contributed by atoms with van der Waals surface area (Å²) < 4.78 is 55.3. The van der Waals surface area contributed by atoms with Gasteiger partial charge >= 0.3 is 11.9 Å². The number of alkyl halides is 3. The van der Waals surface area contributed by atoms with Crippen LogP contribution in [0.5, 0.6) is 5.75 Å². The molecule has 5 heterocycles. The Balaban J connectivity index is 1.12. The molecule has 0 atom stereocenters. The minimum Gasteiger partial charge on any atom is -0.485 e. The van der Waals surface area contributed by atoms with E-state index in [-0.39, 0.29) is 90.1 Å². The molecule has 0 aliphatic carbocycles. The number of rotatable bonds is 10. The summed E-state index contributed by atoms with van der Waals surface area (Å²) in [7, 11) is 1.56. The third kappa shape index (κ3) is 7.90. The van der Waals surface area contributed by atoms with Gasteiger partial charge in [-0.3, -0.25) is 19.0 Å². The van der Waals surface area contributed by atoms with Gasteiger partial charge in [-0.25, -0.2) is 14.8 Å². The fraction of sp³-hybridized carbons (Fsp3) is 0.268. The van der Waals surface area contributed by atoms with Crippen LogP contribution in [-0.4, -0.2) is 76.6 Å². The molecule has 8 rings (SSSR count). The second-order valence-electron chi connectivity index (χ2n) is 14.2. The number of amides is 2. The number of fused-ring (bicyclic) bond motifs is 2. The van der Waals surface area contributed by atoms with Gasteiger partial charge in [-0.15, -0.1) is 5.10 Å². The molecule has 314 valence electrons. The molecule has 0 unspecified atom stereocenters. The van der Waals surface area contributed by atoms with Gasteiger partial charge in [0.25, 0.3) is 11.5 Å². The summed E-state index contributed by atoms with van der Waals surface area (Å²) >= 11 is 6.17. The lowest BCUT2D eigenvalue weighted by atomic mass is 10.2. The van der Waals surface area contributed by atoms with E-state index in [1.807, 2.05) is 35.2 Å². The summed E-state index contributed by atoms with van der Waals surface area (Å²) in [6, 6.07) is 16.9. The Hall–Kier alpha value is -7.02. The number of carbonyl (C=O) groups excluding carboxylic acids is 2. The molecular formula is C41H36ClF3N10O6. The normalized spacial score (nSPS) is 13.3. The Labute approximate surface area is 348 Å². The second kappa shape index (κ2) is 16.2. The lowest BCUT2D eigenvalue weighted by molar-refractivity contribution is -0.137. The Bertz CT molecular complexity index is 2960. The molecular weight excluding hydrogens is 821 g/mol. The maximum Gasteiger partial charge on any atom is 0.419 e. The number of anilines is 2. The third-order valence-electron chi connectivity index (χ3n) is 10.4. The quantitative estimate of drug-likeness (QED) is 0.184. The molecule has 1 N–H and O–H groups in total. The van der Waals surface area contributed by atoms with Gasteiger partial charge in [0.15, 0.2) is 22.9 Å². The zero-order chi connectivity index (χ0) is 43.2. The number of aryl methyl sites for hydroxylation is 2. The van der Waals surface area contributed by atoms with E-state index in [1.165, 1.54) is 15.5 Å². The van der Waals surface area contributed by atoms with Crippen LogP contribution in [0.15, 0.2) is 87.1 Å². The molecule has 0 saturated carbocycles. The summed E-state index contributed by atoms with van der Waals surface area (Å²) in [5.74, 6) is -1.26. The zero-order valence-corrected chi connectivity index (χ0v) is 33.6. The second-order valence-corrected chi connectivity index (χ2v) is 14.6. The first-order chi connectivity index (χ1) is 29.2. The molecule has 61 heavy (non-hydrogen) atoms. The standard InChI is InChI=1S/C41H36ClF3N10O6/c1-4-29-34(52-14-16-53(17-15-52)37(57)33-35(23(2)46-22-47-33)60-21-24-8-6-5-7-9-24)38(58)55-39(49-36(50-55)25-10-13-30-31(18-25)61-40(59)51(30)3)54(29)20-32(56)48-28-12-11-26(19-27(28)42)41(43,44)45/h5-13,18-19,22H,4,14-17,20-21H2,1-3H3,(H,48,56). The molecule has 16 nitrogen and oxygen atoms in total. The van der Waals surface area contributed by atoms with Crippen molar-refractivity contribution in [3.8, 4) is 17.1 Å². The molecule has 1 fully saturated rings. The Kier molecular flexibility index (Phi) is 10.8. The van der Waals surface area contributed by atoms with Crippen molar-refractivity contribution in [2.45, 2.75) is 39.6 Å². The molecule has 1 aliphatic heterocycles. The largest absolute Gasteiger partial charge is 0.485 e. The predicted molar refractivity (Wildman–Crippen MR) is 218 cm³/mol. The van der Waals surface area contributed by atoms with E-state index in [4.69, 9.17) is 20.8 Å². The Morgan fingerprint density at radius 1 is 0.984 bits per heavy atom. The molecule has 4 aromatic heterocycles. The molecule has 7 aromatic rings. The van der Waals surface area contributed by atoms with E-state index >= 15 is 0 Å². The SMILES string of the molecule is CCc1c(N2CCN(C(=O)c3ncnc(C)c3OCc3ccccc3)CC2)c(=O)n2nc(-c3ccc4c(c3)oc(=O)n4C)nc2n1CC(=O)Nc1ccc(C(F)(F)F)cc1Cl. The lowest BCUT2D eigenvalue weighted by Crippen LogP contribution is -2.51. The summed E-state index contributed by atoms with van der Waals surface area (Å²) in [6.07, 6.45) is -3.10. The van der Waals surface area contributed by atoms with Gasteiger partial charge in [0.05, 0.1) is 33.2 Å². The highest BCUT2D eigenvalue weighted by Gasteiger charge is 2.33. The highest BCUT2D eigenvalue weighted by molar-refractivity contribution is 6.33. The van der Waals surface area contributed by atoms with Gasteiger partial charge < -0.3 is 28.8 Å². The fourth-order valence-corrected chi connectivity index (χ4v) is 7.48. The van der Waals surface area contributed by atoms with Gasteiger partial charge in [0.1, 0.15) is 25.2 Å². The van der Waals surface area contributed by atoms with Crippen molar-refractivity contribution >= 4 is 51.7 Å². The van der Waals surface area contributed by atoms with Crippen LogP contribution in [0, 0.1) is 6.92 Å². The number of benzene rings is 3. The molecule has 0 spiro atoms. The van der Waals surface area contributed by atoms with E-state index in [9.17, 15) is 32.3 Å². The molecule has 1 saturated heterocycles. The molecule has 2 amide bonds. The number of piperazine rings is 1. The lowest BCUT2D eigenvalue weighted by Gasteiger charge is -2.36. The van der Waals surface area contributed by atoms with Gasteiger partial charge in [-0.1, -0.05) is 48.9 Å². The number of nitrogens with one attached hydrogen (secondary N) is 1. The van der Waals surface area contributed by atoms with Crippen LogP contribution in [0.1, 0.15) is 39.9 Å². The van der Waals surface area contributed by atoms with Crippen LogP contribution < -0.4 is 26.3 Å². The van der Waals surface area contributed by atoms with E-state index in [2.05, 4.69) is 25.4 Å². The first-order valence-corrected chi connectivity index (χ1v) is 19.4. The number of oxazole rings is 1. The average molecular weight is 857 g/mol. The van der Waals surface area contributed by atoms with E-state index in [0.717, 1.165) is 28.3 Å². The number of carbonyl (C=O) groups is 2. The number of ether oxygens (including phenoxy) is 1. The van der Waals surface area contributed by atoms with E-state index < -0.39 is 35.5 Å². The van der Waals surface area contributed by atoms with Crippen molar-refractivity contribution in [2.75, 3.05) is 36.4 Å². The number of halogens is 4. The van der Waals surface area contributed by atoms with Gasteiger partial charge in [-0.05, 0) is 55.3 Å². The van der Waals surface area contributed by atoms with Crippen LogP contribution in [0.25, 0.3) is 28.3 Å². The van der Waals surface area contributed by atoms with Crippen molar-refractivity contribution in [3.05, 3.63) is 127 Å². The highest BCUT2D eigenvalue weighted by atomic mass is 35.5. The number of hydrogen-bond acceptors (Lipinski definition) is 11. The number of nitrogens with zero attached hydrogens (tertiary/aromatic N) is 9. The van der Waals surface area contributed by atoms with Gasteiger partial charge in [0, 0.05) is 38.8 Å². The Morgan fingerprint density at radius 2 is 1.74 bits per heavy atom. The van der Waals surface area contributed by atoms with Crippen LogP contribution >= 0.6 is 11.6 Å². The van der Waals surface area contributed by atoms with Crippen molar-refractivity contribution in [3.63, 3.8) is 0 Å². The summed E-state index contributed by atoms with van der Waals surface area (Å²) in [6.45, 7) is 4.10. The Morgan fingerprint density at radius 3 is 2.44 bits per heavy atom.